The second kappa shape index (κ2) is 6.47. The average Bonchev–Trinajstić information content (AvgIpc) is 2.47. The minimum atomic E-state index is -0.421. The van der Waals surface area contributed by atoms with E-state index < -0.39 is 4.92 Å². The number of ether oxygens (including phenoxy) is 1. The Labute approximate surface area is 117 Å². The Bertz CT molecular complexity index is 476. The summed E-state index contributed by atoms with van der Waals surface area (Å²) >= 11 is 0. The molecular formula is C12H19N5O3. The van der Waals surface area contributed by atoms with Gasteiger partial charge in [-0.3, -0.25) is 10.1 Å². The van der Waals surface area contributed by atoms with Crippen molar-refractivity contribution in [1.29, 1.82) is 0 Å². The van der Waals surface area contributed by atoms with Gasteiger partial charge in [-0.05, 0) is 13.3 Å². The van der Waals surface area contributed by atoms with Gasteiger partial charge in [0.15, 0.2) is 0 Å². The summed E-state index contributed by atoms with van der Waals surface area (Å²) < 4.78 is 5.26. The Hall–Kier alpha value is -1.96. The molecule has 1 atom stereocenters. The Morgan fingerprint density at radius 3 is 2.80 bits per heavy atom. The first-order chi connectivity index (χ1) is 9.63. The minimum absolute atomic E-state index is 0.0605. The zero-order valence-electron chi connectivity index (χ0n) is 11.7. The Morgan fingerprint density at radius 1 is 1.50 bits per heavy atom. The fourth-order valence-electron chi connectivity index (χ4n) is 1.99. The summed E-state index contributed by atoms with van der Waals surface area (Å²) in [5.74, 6) is 0.639. The lowest BCUT2D eigenvalue weighted by atomic mass is 10.2. The fraction of sp³-hybridized carbons (Fsp3) is 0.667. The van der Waals surface area contributed by atoms with Crippen molar-refractivity contribution in [3.05, 3.63) is 16.4 Å². The molecule has 8 nitrogen and oxygen atoms in total. The highest BCUT2D eigenvalue weighted by atomic mass is 16.6. The molecule has 20 heavy (non-hydrogen) atoms. The van der Waals surface area contributed by atoms with Gasteiger partial charge in [-0.1, -0.05) is 6.92 Å². The zero-order chi connectivity index (χ0) is 14.5. The summed E-state index contributed by atoms with van der Waals surface area (Å²) in [7, 11) is 0. The molecule has 0 radical (unpaired) electrons. The van der Waals surface area contributed by atoms with Crippen molar-refractivity contribution >= 4 is 17.3 Å². The number of hydrogen-bond acceptors (Lipinski definition) is 7. The van der Waals surface area contributed by atoms with Crippen molar-refractivity contribution < 1.29 is 9.66 Å². The van der Waals surface area contributed by atoms with E-state index >= 15 is 0 Å². The maximum absolute atomic E-state index is 11.4. The number of aromatic nitrogens is 2. The third-order valence-corrected chi connectivity index (χ3v) is 3.29. The lowest BCUT2D eigenvalue weighted by Gasteiger charge is -2.27. The van der Waals surface area contributed by atoms with Crippen molar-refractivity contribution in [2.75, 3.05) is 36.5 Å². The first-order valence-corrected chi connectivity index (χ1v) is 6.72. The monoisotopic (exact) mass is 281 g/mol. The quantitative estimate of drug-likeness (QED) is 0.644. The van der Waals surface area contributed by atoms with Gasteiger partial charge in [-0.2, -0.15) is 0 Å². The van der Waals surface area contributed by atoms with Gasteiger partial charge in [-0.25, -0.2) is 9.97 Å². The summed E-state index contributed by atoms with van der Waals surface area (Å²) in [6.45, 7) is 6.26. The van der Waals surface area contributed by atoms with Gasteiger partial charge in [0.25, 0.3) is 0 Å². The lowest BCUT2D eigenvalue weighted by molar-refractivity contribution is -0.383. The number of nitrogens with zero attached hydrogens (tertiary/aromatic N) is 4. The van der Waals surface area contributed by atoms with E-state index in [1.54, 1.807) is 0 Å². The van der Waals surface area contributed by atoms with E-state index in [-0.39, 0.29) is 17.5 Å². The van der Waals surface area contributed by atoms with Crippen molar-refractivity contribution in [2.24, 2.45) is 0 Å². The maximum atomic E-state index is 11.4. The van der Waals surface area contributed by atoms with Gasteiger partial charge in [0.2, 0.25) is 11.6 Å². The van der Waals surface area contributed by atoms with Crippen LogP contribution in [0.3, 0.4) is 0 Å². The molecule has 1 aromatic heterocycles. The second-order valence-electron chi connectivity index (χ2n) is 4.70. The molecule has 1 aliphatic rings. The lowest BCUT2D eigenvalue weighted by Crippen LogP contribution is -2.37. The minimum Gasteiger partial charge on any atom is -0.378 e. The summed E-state index contributed by atoms with van der Waals surface area (Å²) in [6.07, 6.45) is 2.22. The van der Waals surface area contributed by atoms with Crippen LogP contribution in [0.4, 0.5) is 17.3 Å². The predicted octanol–water partition coefficient (Wildman–Crippen LogP) is 1.43. The average molecular weight is 281 g/mol. The fourth-order valence-corrected chi connectivity index (χ4v) is 1.99. The second-order valence-corrected chi connectivity index (χ2v) is 4.70. The van der Waals surface area contributed by atoms with Crippen LogP contribution in [0.2, 0.25) is 0 Å². The van der Waals surface area contributed by atoms with E-state index in [2.05, 4.69) is 15.3 Å². The van der Waals surface area contributed by atoms with Gasteiger partial charge >= 0.3 is 5.69 Å². The molecule has 1 unspecified atom stereocenters. The number of hydrogen-bond donors (Lipinski definition) is 1. The Kier molecular flexibility index (Phi) is 4.67. The molecule has 8 heteroatoms. The van der Waals surface area contributed by atoms with E-state index in [1.165, 1.54) is 6.33 Å². The molecule has 0 aliphatic carbocycles. The molecule has 2 rings (SSSR count). The molecular weight excluding hydrogens is 262 g/mol. The van der Waals surface area contributed by atoms with Crippen molar-refractivity contribution in [3.63, 3.8) is 0 Å². The molecule has 1 saturated heterocycles. The summed E-state index contributed by atoms with van der Waals surface area (Å²) in [5, 5.41) is 14.5. The Balaban J connectivity index is 2.35. The van der Waals surface area contributed by atoms with E-state index in [0.29, 0.717) is 32.1 Å². The van der Waals surface area contributed by atoms with Crippen LogP contribution in [0.25, 0.3) is 0 Å². The number of nitrogens with one attached hydrogen (secondary N) is 1. The van der Waals surface area contributed by atoms with Crippen LogP contribution >= 0.6 is 0 Å². The molecule has 0 aromatic carbocycles. The number of rotatable bonds is 5. The van der Waals surface area contributed by atoms with Crippen LogP contribution in [-0.2, 0) is 4.74 Å². The van der Waals surface area contributed by atoms with Crippen LogP contribution in [-0.4, -0.2) is 47.2 Å². The summed E-state index contributed by atoms with van der Waals surface area (Å²) in [4.78, 5) is 20.9. The van der Waals surface area contributed by atoms with E-state index in [0.717, 1.165) is 6.42 Å². The third kappa shape index (κ3) is 3.13. The van der Waals surface area contributed by atoms with Gasteiger partial charge in [0, 0.05) is 19.1 Å². The molecule has 0 spiro atoms. The number of anilines is 2. The predicted molar refractivity (Wildman–Crippen MR) is 75.1 cm³/mol. The SMILES string of the molecule is CCC(C)Nc1ncnc(N2CCOCC2)c1[N+](=O)[O-]. The normalized spacial score (nSPS) is 16.8. The standard InChI is InChI=1S/C12H19N5O3/c1-3-9(2)15-11-10(17(18)19)12(14-8-13-11)16-4-6-20-7-5-16/h8-9H,3-7H2,1-2H3,(H,13,14,15). The van der Waals surface area contributed by atoms with Gasteiger partial charge < -0.3 is 15.0 Å². The van der Waals surface area contributed by atoms with E-state index in [4.69, 9.17) is 4.74 Å². The van der Waals surface area contributed by atoms with Gasteiger partial charge in [0.1, 0.15) is 6.33 Å². The maximum Gasteiger partial charge on any atom is 0.353 e. The molecule has 110 valence electrons. The van der Waals surface area contributed by atoms with Crippen LogP contribution in [0.5, 0.6) is 0 Å². The highest BCUT2D eigenvalue weighted by molar-refractivity contribution is 5.70. The molecule has 0 amide bonds. The first kappa shape index (κ1) is 14.4. The first-order valence-electron chi connectivity index (χ1n) is 6.72. The third-order valence-electron chi connectivity index (χ3n) is 3.29. The van der Waals surface area contributed by atoms with Crippen LogP contribution < -0.4 is 10.2 Å². The van der Waals surface area contributed by atoms with Crippen molar-refractivity contribution in [3.8, 4) is 0 Å². The molecule has 0 saturated carbocycles. The van der Waals surface area contributed by atoms with E-state index in [9.17, 15) is 10.1 Å². The highest BCUT2D eigenvalue weighted by Gasteiger charge is 2.28. The van der Waals surface area contributed by atoms with Gasteiger partial charge in [0.05, 0.1) is 18.1 Å². The molecule has 1 aliphatic heterocycles. The number of morpholine rings is 1. The summed E-state index contributed by atoms with van der Waals surface area (Å²) in [5.41, 5.74) is -0.0605. The molecule has 1 fully saturated rings. The number of nitro groups is 1. The van der Waals surface area contributed by atoms with Crippen LogP contribution in [0.1, 0.15) is 20.3 Å². The van der Waals surface area contributed by atoms with Crippen LogP contribution in [0, 0.1) is 10.1 Å². The molecule has 2 heterocycles. The van der Waals surface area contributed by atoms with E-state index in [1.807, 2.05) is 18.7 Å². The largest absolute Gasteiger partial charge is 0.378 e. The van der Waals surface area contributed by atoms with Gasteiger partial charge in [-0.15, -0.1) is 0 Å². The zero-order valence-corrected chi connectivity index (χ0v) is 11.7. The molecule has 0 bridgehead atoms. The topological polar surface area (TPSA) is 93.4 Å². The molecule has 1 N–H and O–H groups in total. The highest BCUT2D eigenvalue weighted by Crippen LogP contribution is 2.32. The molecule has 1 aromatic rings. The smallest absolute Gasteiger partial charge is 0.353 e. The van der Waals surface area contributed by atoms with Crippen LogP contribution in [0.15, 0.2) is 6.33 Å². The van der Waals surface area contributed by atoms with Crippen molar-refractivity contribution in [2.45, 2.75) is 26.3 Å². The Morgan fingerprint density at radius 2 is 2.20 bits per heavy atom. The summed E-state index contributed by atoms with van der Waals surface area (Å²) in [6, 6.07) is 0.112. The van der Waals surface area contributed by atoms with Crippen molar-refractivity contribution in [1.82, 2.24) is 9.97 Å².